The molecule has 30 heavy (non-hydrogen) atoms. The number of hydrazone groups is 1. The number of benzene rings is 3. The summed E-state index contributed by atoms with van der Waals surface area (Å²) in [5.41, 5.74) is 4.68. The van der Waals surface area contributed by atoms with Crippen molar-refractivity contribution in [3.63, 3.8) is 0 Å². The van der Waals surface area contributed by atoms with Gasteiger partial charge in [-0.3, -0.25) is 9.59 Å². The summed E-state index contributed by atoms with van der Waals surface area (Å²) in [6.07, 6.45) is 2.65. The predicted octanol–water partition coefficient (Wildman–Crippen LogP) is 4.03. The minimum absolute atomic E-state index is 0.0317. The Balaban J connectivity index is 1.76. The molecule has 0 bridgehead atoms. The Morgan fingerprint density at radius 1 is 1.10 bits per heavy atom. The zero-order chi connectivity index (χ0) is 21.5. The molecule has 0 aliphatic heterocycles. The van der Waals surface area contributed by atoms with Gasteiger partial charge in [-0.1, -0.05) is 48.0 Å². The molecule has 0 atom stereocenters. The van der Waals surface area contributed by atoms with E-state index in [9.17, 15) is 14.7 Å². The normalized spacial score (nSPS) is 11.0. The molecule has 154 valence electrons. The number of hydrogen-bond donors (Lipinski definition) is 3. The Morgan fingerprint density at radius 2 is 1.87 bits per heavy atom. The Hall–Kier alpha value is -3.38. The zero-order valence-corrected chi connectivity index (χ0v) is 17.2. The highest BCUT2D eigenvalue weighted by Crippen LogP contribution is 2.24. The van der Waals surface area contributed by atoms with E-state index in [1.165, 1.54) is 18.2 Å². The van der Waals surface area contributed by atoms with Gasteiger partial charge in [-0.25, -0.2) is 5.43 Å². The summed E-state index contributed by atoms with van der Waals surface area (Å²) in [6, 6.07) is 16.0. The maximum absolute atomic E-state index is 12.2. The van der Waals surface area contributed by atoms with Crippen LogP contribution in [0.25, 0.3) is 10.8 Å². The first kappa shape index (κ1) is 21.3. The van der Waals surface area contributed by atoms with Crippen molar-refractivity contribution in [1.82, 2.24) is 10.7 Å². The van der Waals surface area contributed by atoms with Gasteiger partial charge in [0.1, 0.15) is 5.75 Å². The lowest BCUT2D eigenvalue weighted by molar-refractivity contribution is -0.120. The maximum atomic E-state index is 12.2. The van der Waals surface area contributed by atoms with Crippen LogP contribution in [0.1, 0.15) is 34.8 Å². The molecular weight excluding hydrogens is 402 g/mol. The second kappa shape index (κ2) is 9.89. The van der Waals surface area contributed by atoms with Crippen LogP contribution in [0.5, 0.6) is 5.75 Å². The molecule has 0 unspecified atom stereocenters. The quantitative estimate of drug-likeness (QED) is 0.395. The van der Waals surface area contributed by atoms with Gasteiger partial charge >= 0.3 is 0 Å². The molecule has 3 aromatic rings. The summed E-state index contributed by atoms with van der Waals surface area (Å²) in [4.78, 5) is 24.0. The number of aromatic hydroxyl groups is 1. The molecule has 3 aromatic carbocycles. The number of carbonyl (C=O) groups excluding carboxylic acids is 2. The van der Waals surface area contributed by atoms with Crippen molar-refractivity contribution in [2.75, 3.05) is 6.54 Å². The molecule has 3 N–H and O–H groups in total. The second-order valence-electron chi connectivity index (χ2n) is 6.68. The fourth-order valence-electron chi connectivity index (χ4n) is 3.12. The van der Waals surface area contributed by atoms with E-state index in [4.69, 9.17) is 11.6 Å². The number of phenolic OH excluding ortho intramolecular Hbond substituents is 1. The number of rotatable bonds is 7. The molecule has 6 nitrogen and oxygen atoms in total. The van der Waals surface area contributed by atoms with Crippen LogP contribution < -0.4 is 10.7 Å². The van der Waals surface area contributed by atoms with Crippen LogP contribution in [0.2, 0.25) is 5.02 Å². The molecule has 0 fully saturated rings. The lowest BCUT2D eigenvalue weighted by Crippen LogP contribution is -2.22. The molecule has 0 saturated heterocycles. The van der Waals surface area contributed by atoms with Crippen molar-refractivity contribution in [2.24, 2.45) is 5.10 Å². The molecule has 0 aromatic heterocycles. The lowest BCUT2D eigenvalue weighted by atomic mass is 9.97. The lowest BCUT2D eigenvalue weighted by Gasteiger charge is -2.09. The van der Waals surface area contributed by atoms with Gasteiger partial charge in [0, 0.05) is 24.1 Å². The van der Waals surface area contributed by atoms with Crippen molar-refractivity contribution >= 4 is 40.4 Å². The minimum atomic E-state index is -0.434. The first-order valence-electron chi connectivity index (χ1n) is 9.59. The van der Waals surface area contributed by atoms with E-state index in [2.05, 4.69) is 15.8 Å². The Bertz CT molecular complexity index is 1110. The molecule has 0 aliphatic carbocycles. The average molecular weight is 424 g/mol. The van der Waals surface area contributed by atoms with E-state index in [0.717, 1.165) is 21.9 Å². The topological polar surface area (TPSA) is 90.8 Å². The molecule has 2 amide bonds. The van der Waals surface area contributed by atoms with Crippen LogP contribution in [0, 0.1) is 0 Å². The maximum Gasteiger partial charge on any atom is 0.271 e. The van der Waals surface area contributed by atoms with Gasteiger partial charge in [-0.15, -0.1) is 0 Å². The first-order chi connectivity index (χ1) is 14.5. The summed E-state index contributed by atoms with van der Waals surface area (Å²) in [6.45, 7) is 2.52. The van der Waals surface area contributed by atoms with E-state index < -0.39 is 5.91 Å². The summed E-state index contributed by atoms with van der Waals surface area (Å²) >= 11 is 5.84. The minimum Gasteiger partial charge on any atom is -0.506 e. The Kier molecular flexibility index (Phi) is 7.03. The largest absolute Gasteiger partial charge is 0.506 e. The molecule has 0 heterocycles. The number of carbonyl (C=O) groups is 2. The van der Waals surface area contributed by atoms with E-state index in [0.29, 0.717) is 24.9 Å². The van der Waals surface area contributed by atoms with Gasteiger partial charge in [0.05, 0.1) is 11.2 Å². The Labute approximate surface area is 179 Å². The van der Waals surface area contributed by atoms with Gasteiger partial charge in [-0.05, 0) is 47.9 Å². The number of halogens is 1. The van der Waals surface area contributed by atoms with E-state index >= 15 is 0 Å². The standard InChI is InChI=1S/C23H22ClN3O3/c1-2-25-22(29)12-10-15-7-8-17(19-6-4-3-5-18(15)19)14-26-27-23(30)16-9-11-21(28)20(24)13-16/h3-9,11,13-14,28H,2,10,12H2,1H3,(H,25,29)(H,27,30)/b26-14+. The van der Waals surface area contributed by atoms with Gasteiger partial charge in [0.2, 0.25) is 5.91 Å². The summed E-state index contributed by atoms with van der Waals surface area (Å²) in [5, 5.41) is 18.4. The number of nitrogens with zero attached hydrogens (tertiary/aromatic N) is 1. The third kappa shape index (κ3) is 5.15. The molecule has 0 spiro atoms. The molecule has 0 radical (unpaired) electrons. The highest BCUT2D eigenvalue weighted by atomic mass is 35.5. The zero-order valence-electron chi connectivity index (χ0n) is 16.5. The molecule has 0 saturated carbocycles. The molecule has 0 aliphatic rings. The number of aryl methyl sites for hydroxylation is 1. The van der Waals surface area contributed by atoms with Crippen molar-refractivity contribution in [2.45, 2.75) is 19.8 Å². The van der Waals surface area contributed by atoms with Crippen LogP contribution in [-0.4, -0.2) is 29.7 Å². The van der Waals surface area contributed by atoms with Crippen LogP contribution in [0.3, 0.4) is 0 Å². The third-order valence-electron chi connectivity index (χ3n) is 4.62. The highest BCUT2D eigenvalue weighted by molar-refractivity contribution is 6.32. The van der Waals surface area contributed by atoms with Gasteiger partial charge in [-0.2, -0.15) is 5.10 Å². The summed E-state index contributed by atoms with van der Waals surface area (Å²) < 4.78 is 0. The van der Waals surface area contributed by atoms with E-state index in [1.54, 1.807) is 6.21 Å². The first-order valence-corrected chi connectivity index (χ1v) is 9.96. The number of hydrogen-bond acceptors (Lipinski definition) is 4. The van der Waals surface area contributed by atoms with Gasteiger partial charge in [0.15, 0.2) is 0 Å². The van der Waals surface area contributed by atoms with Gasteiger partial charge < -0.3 is 10.4 Å². The van der Waals surface area contributed by atoms with Crippen LogP contribution in [0.4, 0.5) is 0 Å². The second-order valence-corrected chi connectivity index (χ2v) is 7.09. The molecule has 3 rings (SSSR count). The van der Waals surface area contributed by atoms with E-state index in [1.807, 2.05) is 43.3 Å². The average Bonchev–Trinajstić information content (AvgIpc) is 2.75. The van der Waals surface area contributed by atoms with E-state index in [-0.39, 0.29) is 16.7 Å². The van der Waals surface area contributed by atoms with Crippen molar-refractivity contribution < 1.29 is 14.7 Å². The fourth-order valence-corrected chi connectivity index (χ4v) is 3.30. The highest BCUT2D eigenvalue weighted by Gasteiger charge is 2.09. The van der Waals surface area contributed by atoms with Crippen LogP contribution in [0.15, 0.2) is 59.7 Å². The molecular formula is C23H22ClN3O3. The Morgan fingerprint density at radius 3 is 2.60 bits per heavy atom. The number of nitrogens with one attached hydrogen (secondary N) is 2. The van der Waals surface area contributed by atoms with Crippen molar-refractivity contribution in [3.8, 4) is 5.75 Å². The van der Waals surface area contributed by atoms with Gasteiger partial charge in [0.25, 0.3) is 5.91 Å². The molecule has 7 heteroatoms. The number of amides is 2. The number of fused-ring (bicyclic) bond motifs is 1. The SMILES string of the molecule is CCNC(=O)CCc1ccc(/C=N/NC(=O)c2ccc(O)c(Cl)c2)c2ccccc12. The van der Waals surface area contributed by atoms with Crippen LogP contribution >= 0.6 is 11.6 Å². The number of phenols is 1. The van der Waals surface area contributed by atoms with Crippen molar-refractivity contribution in [1.29, 1.82) is 0 Å². The monoisotopic (exact) mass is 423 g/mol. The third-order valence-corrected chi connectivity index (χ3v) is 4.93. The predicted molar refractivity (Wildman–Crippen MR) is 119 cm³/mol. The summed E-state index contributed by atoms with van der Waals surface area (Å²) in [5.74, 6) is -0.490. The van der Waals surface area contributed by atoms with Crippen molar-refractivity contribution in [3.05, 3.63) is 76.3 Å². The smallest absolute Gasteiger partial charge is 0.271 e. The van der Waals surface area contributed by atoms with Crippen LogP contribution in [-0.2, 0) is 11.2 Å². The summed E-state index contributed by atoms with van der Waals surface area (Å²) in [7, 11) is 0. The fraction of sp³-hybridized carbons (Fsp3) is 0.174.